The molecular weight excluding hydrogens is 595 g/mol. The number of amides is 2. The van der Waals surface area contributed by atoms with E-state index in [1.54, 1.807) is 35.2 Å². The molecule has 46 heavy (non-hydrogen) atoms. The molecule has 0 aliphatic carbocycles. The Hall–Kier alpha value is -4.43. The second kappa shape index (κ2) is 15.2. The highest BCUT2D eigenvalue weighted by Crippen LogP contribution is 2.29. The normalized spacial score (nSPS) is 12.1. The van der Waals surface area contributed by atoms with Gasteiger partial charge in [-0.2, -0.15) is 0 Å². The van der Waals surface area contributed by atoms with Crippen LogP contribution in [-0.2, 0) is 32.6 Å². The Kier molecular flexibility index (Phi) is 11.4. The third kappa shape index (κ3) is 8.85. The maximum Gasteiger partial charge on any atom is 0.264 e. The Morgan fingerprint density at radius 1 is 0.739 bits per heavy atom. The van der Waals surface area contributed by atoms with Crippen LogP contribution in [0, 0.1) is 33.6 Å². The lowest BCUT2D eigenvalue weighted by molar-refractivity contribution is -0.140. The first kappa shape index (κ1) is 34.4. The van der Waals surface area contributed by atoms with E-state index in [-0.39, 0.29) is 29.7 Å². The first-order valence-corrected chi connectivity index (χ1v) is 17.1. The van der Waals surface area contributed by atoms with Gasteiger partial charge in [-0.15, -0.1) is 0 Å². The number of sulfonamides is 1. The van der Waals surface area contributed by atoms with Crippen molar-refractivity contribution < 1.29 is 18.0 Å². The maximum atomic E-state index is 14.7. The zero-order valence-electron chi connectivity index (χ0n) is 27.7. The van der Waals surface area contributed by atoms with Crippen LogP contribution in [0.15, 0.2) is 102 Å². The van der Waals surface area contributed by atoms with E-state index in [0.717, 1.165) is 33.4 Å². The van der Waals surface area contributed by atoms with Crippen LogP contribution in [0.1, 0.15) is 47.2 Å². The molecule has 0 aliphatic rings. The van der Waals surface area contributed by atoms with Gasteiger partial charge in [-0.25, -0.2) is 8.42 Å². The highest BCUT2D eigenvalue weighted by Gasteiger charge is 2.35. The van der Waals surface area contributed by atoms with Crippen molar-refractivity contribution in [2.45, 2.75) is 65.4 Å². The summed E-state index contributed by atoms with van der Waals surface area (Å²) >= 11 is 0. The van der Waals surface area contributed by atoms with E-state index in [0.29, 0.717) is 12.2 Å². The Bertz CT molecular complexity index is 1750. The minimum atomic E-state index is -4.16. The van der Waals surface area contributed by atoms with Gasteiger partial charge in [-0.3, -0.25) is 13.9 Å². The van der Waals surface area contributed by atoms with Crippen molar-refractivity contribution in [1.29, 1.82) is 0 Å². The second-order valence-electron chi connectivity index (χ2n) is 12.5. The Labute approximate surface area is 274 Å². The number of anilines is 1. The van der Waals surface area contributed by atoms with Gasteiger partial charge in [-0.05, 0) is 74.1 Å². The first-order chi connectivity index (χ1) is 21.8. The molecule has 0 saturated heterocycles. The highest BCUT2D eigenvalue weighted by atomic mass is 32.2. The van der Waals surface area contributed by atoms with E-state index in [1.807, 2.05) is 108 Å². The number of hydrogen-bond donors (Lipinski definition) is 1. The van der Waals surface area contributed by atoms with Crippen LogP contribution in [0.25, 0.3) is 0 Å². The summed E-state index contributed by atoms with van der Waals surface area (Å²) in [6, 6.07) is 28.7. The number of nitrogens with zero attached hydrogens (tertiary/aromatic N) is 2. The van der Waals surface area contributed by atoms with Crippen molar-refractivity contribution in [1.82, 2.24) is 10.2 Å². The molecule has 0 aromatic heterocycles. The van der Waals surface area contributed by atoms with Gasteiger partial charge in [0.1, 0.15) is 12.6 Å². The van der Waals surface area contributed by atoms with Gasteiger partial charge >= 0.3 is 0 Å². The molecule has 1 atom stereocenters. The van der Waals surface area contributed by atoms with Gasteiger partial charge in [0.15, 0.2) is 0 Å². The monoisotopic (exact) mass is 639 g/mol. The van der Waals surface area contributed by atoms with Crippen LogP contribution in [0.3, 0.4) is 0 Å². The standard InChI is InChI=1S/C38H45N3O4S/c1-27(2)24-39-38(43)36(23-32-12-8-7-9-13-32)40(25-33-14-10-11-29(4)21-33)37(42)26-41(35-22-30(5)15-18-31(35)6)46(44,45)34-19-16-28(3)17-20-34/h7-22,27,36H,23-26H2,1-6H3,(H,39,43). The summed E-state index contributed by atoms with van der Waals surface area (Å²) in [6.45, 7) is 11.7. The number of benzene rings is 4. The van der Waals surface area contributed by atoms with E-state index >= 15 is 0 Å². The van der Waals surface area contributed by atoms with Crippen LogP contribution in [-0.4, -0.2) is 44.3 Å². The van der Waals surface area contributed by atoms with Crippen LogP contribution >= 0.6 is 0 Å². The molecule has 0 saturated carbocycles. The van der Waals surface area contributed by atoms with Gasteiger partial charge in [-0.1, -0.05) is 104 Å². The quantitative estimate of drug-likeness (QED) is 0.180. The van der Waals surface area contributed by atoms with Gasteiger partial charge in [0, 0.05) is 19.5 Å². The van der Waals surface area contributed by atoms with E-state index < -0.39 is 28.5 Å². The van der Waals surface area contributed by atoms with Crippen molar-refractivity contribution in [2.75, 3.05) is 17.4 Å². The molecule has 0 spiro atoms. The van der Waals surface area contributed by atoms with E-state index in [9.17, 15) is 18.0 Å². The SMILES string of the molecule is Cc1ccc(S(=O)(=O)N(CC(=O)N(Cc2cccc(C)c2)C(Cc2ccccc2)C(=O)NCC(C)C)c2cc(C)ccc2C)cc1. The van der Waals surface area contributed by atoms with Crippen molar-refractivity contribution in [3.8, 4) is 0 Å². The van der Waals surface area contributed by atoms with E-state index in [4.69, 9.17) is 0 Å². The second-order valence-corrected chi connectivity index (χ2v) is 14.3. The predicted molar refractivity (Wildman–Crippen MR) is 185 cm³/mol. The van der Waals surface area contributed by atoms with Crippen molar-refractivity contribution in [3.05, 3.63) is 130 Å². The average Bonchev–Trinajstić information content (AvgIpc) is 3.02. The van der Waals surface area contributed by atoms with Gasteiger partial charge < -0.3 is 10.2 Å². The fourth-order valence-corrected chi connectivity index (χ4v) is 6.79. The summed E-state index contributed by atoms with van der Waals surface area (Å²) in [5, 5.41) is 3.03. The van der Waals surface area contributed by atoms with Gasteiger partial charge in [0.2, 0.25) is 11.8 Å². The number of carbonyl (C=O) groups is 2. The smallest absolute Gasteiger partial charge is 0.264 e. The summed E-state index contributed by atoms with van der Waals surface area (Å²) in [5.41, 5.74) is 5.70. The lowest BCUT2D eigenvalue weighted by Gasteiger charge is -2.34. The summed E-state index contributed by atoms with van der Waals surface area (Å²) in [4.78, 5) is 30.2. The van der Waals surface area contributed by atoms with Crippen LogP contribution in [0.4, 0.5) is 5.69 Å². The van der Waals surface area contributed by atoms with Crippen molar-refractivity contribution in [3.63, 3.8) is 0 Å². The van der Waals surface area contributed by atoms with Gasteiger partial charge in [0.05, 0.1) is 10.6 Å². The fourth-order valence-electron chi connectivity index (χ4n) is 5.32. The van der Waals surface area contributed by atoms with E-state index in [1.165, 1.54) is 4.31 Å². The largest absolute Gasteiger partial charge is 0.354 e. The molecule has 4 rings (SSSR count). The third-order valence-electron chi connectivity index (χ3n) is 7.91. The first-order valence-electron chi connectivity index (χ1n) is 15.7. The number of nitrogens with one attached hydrogen (secondary N) is 1. The third-order valence-corrected chi connectivity index (χ3v) is 9.69. The van der Waals surface area contributed by atoms with E-state index in [2.05, 4.69) is 5.32 Å². The van der Waals surface area contributed by atoms with Crippen molar-refractivity contribution >= 4 is 27.5 Å². The topological polar surface area (TPSA) is 86.8 Å². The molecule has 4 aromatic carbocycles. The molecule has 0 bridgehead atoms. The summed E-state index contributed by atoms with van der Waals surface area (Å²) < 4.78 is 29.8. The minimum absolute atomic E-state index is 0.0903. The summed E-state index contributed by atoms with van der Waals surface area (Å²) in [5.74, 6) is -0.543. The molecule has 0 heterocycles. The van der Waals surface area contributed by atoms with Crippen molar-refractivity contribution in [2.24, 2.45) is 5.92 Å². The minimum Gasteiger partial charge on any atom is -0.354 e. The zero-order valence-corrected chi connectivity index (χ0v) is 28.5. The summed E-state index contributed by atoms with van der Waals surface area (Å²) in [7, 11) is -4.16. The molecule has 0 aliphatic heterocycles. The van der Waals surface area contributed by atoms with Gasteiger partial charge in [0.25, 0.3) is 10.0 Å². The Balaban J connectivity index is 1.83. The average molecular weight is 640 g/mol. The lowest BCUT2D eigenvalue weighted by Crippen LogP contribution is -2.53. The van der Waals surface area contributed by atoms with Crippen LogP contribution in [0.2, 0.25) is 0 Å². The molecule has 242 valence electrons. The molecule has 2 amide bonds. The number of hydrogen-bond acceptors (Lipinski definition) is 4. The summed E-state index contributed by atoms with van der Waals surface area (Å²) in [6.07, 6.45) is 0.274. The molecule has 1 unspecified atom stereocenters. The molecule has 7 nitrogen and oxygen atoms in total. The Morgan fingerprint density at radius 3 is 2.02 bits per heavy atom. The number of aryl methyl sites for hydroxylation is 4. The molecule has 0 fully saturated rings. The van der Waals surface area contributed by atoms with Crippen LogP contribution in [0.5, 0.6) is 0 Å². The molecular formula is C38H45N3O4S. The number of rotatable bonds is 13. The number of carbonyl (C=O) groups excluding carboxylic acids is 2. The molecule has 0 radical (unpaired) electrons. The molecule has 4 aromatic rings. The zero-order chi connectivity index (χ0) is 33.4. The van der Waals surface area contributed by atoms with Crippen LogP contribution < -0.4 is 9.62 Å². The fraction of sp³-hybridized carbons (Fsp3) is 0.316. The maximum absolute atomic E-state index is 14.7. The Morgan fingerprint density at radius 2 is 1.37 bits per heavy atom. The highest BCUT2D eigenvalue weighted by molar-refractivity contribution is 7.92. The lowest BCUT2D eigenvalue weighted by atomic mass is 10.0. The molecule has 1 N–H and O–H groups in total. The predicted octanol–water partition coefficient (Wildman–Crippen LogP) is 6.53. The molecule has 8 heteroatoms.